The molecule has 0 saturated heterocycles. The van der Waals surface area contributed by atoms with Gasteiger partial charge in [0.2, 0.25) is 5.88 Å². The molecule has 21 heavy (non-hydrogen) atoms. The van der Waals surface area contributed by atoms with E-state index in [0.29, 0.717) is 11.8 Å². The van der Waals surface area contributed by atoms with Crippen LogP contribution in [-0.4, -0.2) is 10.1 Å². The minimum atomic E-state index is -0.00308. The van der Waals surface area contributed by atoms with Gasteiger partial charge in [-0.15, -0.1) is 0 Å². The van der Waals surface area contributed by atoms with Crippen LogP contribution in [0, 0.1) is 6.92 Å². The van der Waals surface area contributed by atoms with E-state index in [-0.39, 0.29) is 6.61 Å². The highest BCUT2D eigenvalue weighted by Crippen LogP contribution is 2.28. The first-order valence-corrected chi connectivity index (χ1v) is 7.42. The summed E-state index contributed by atoms with van der Waals surface area (Å²) >= 11 is 0. The van der Waals surface area contributed by atoms with Crippen LogP contribution in [0.1, 0.15) is 49.1 Å². The maximum Gasteiger partial charge on any atom is 0.219 e. The number of ether oxygens (including phenoxy) is 1. The molecular formula is C18H23NO2. The quantitative estimate of drug-likeness (QED) is 0.887. The highest BCUT2D eigenvalue weighted by atomic mass is 16.5. The third-order valence-electron chi connectivity index (χ3n) is 3.55. The summed E-state index contributed by atoms with van der Waals surface area (Å²) in [5, 5.41) is 9.34. The molecule has 1 aromatic carbocycles. The van der Waals surface area contributed by atoms with Crippen molar-refractivity contribution in [2.45, 2.75) is 46.6 Å². The van der Waals surface area contributed by atoms with Gasteiger partial charge >= 0.3 is 0 Å². The van der Waals surface area contributed by atoms with Crippen molar-refractivity contribution in [2.24, 2.45) is 0 Å². The Morgan fingerprint density at radius 1 is 1.19 bits per heavy atom. The third-order valence-corrected chi connectivity index (χ3v) is 3.55. The molecule has 1 N–H and O–H groups in total. The van der Waals surface area contributed by atoms with Crippen molar-refractivity contribution in [3.8, 4) is 11.6 Å². The number of nitrogens with zero attached hydrogens (tertiary/aromatic N) is 1. The molecule has 0 amide bonds. The van der Waals surface area contributed by atoms with Crippen LogP contribution in [0.5, 0.6) is 11.6 Å². The van der Waals surface area contributed by atoms with Crippen molar-refractivity contribution in [3.05, 3.63) is 52.7 Å². The Kier molecular flexibility index (Phi) is 4.97. The molecule has 0 bridgehead atoms. The van der Waals surface area contributed by atoms with Crippen LogP contribution in [0.4, 0.5) is 0 Å². The number of aliphatic hydroxyl groups is 1. The molecule has 0 aliphatic heterocycles. The Hall–Kier alpha value is -1.87. The molecule has 3 heteroatoms. The van der Waals surface area contributed by atoms with E-state index in [0.717, 1.165) is 29.0 Å². The lowest BCUT2D eigenvalue weighted by molar-refractivity contribution is 0.281. The van der Waals surface area contributed by atoms with Crippen molar-refractivity contribution < 1.29 is 9.84 Å². The number of hydrogen-bond acceptors (Lipinski definition) is 3. The molecule has 0 radical (unpaired) electrons. The lowest BCUT2D eigenvalue weighted by Crippen LogP contribution is -1.98. The molecule has 0 aliphatic carbocycles. The summed E-state index contributed by atoms with van der Waals surface area (Å²) in [4.78, 5) is 4.48. The second-order valence-corrected chi connectivity index (χ2v) is 5.60. The monoisotopic (exact) mass is 285 g/mol. The van der Waals surface area contributed by atoms with Gasteiger partial charge in [0.15, 0.2) is 0 Å². The van der Waals surface area contributed by atoms with Crippen LogP contribution in [0.2, 0.25) is 0 Å². The van der Waals surface area contributed by atoms with E-state index >= 15 is 0 Å². The predicted molar refractivity (Wildman–Crippen MR) is 84.9 cm³/mol. The summed E-state index contributed by atoms with van der Waals surface area (Å²) in [6.07, 6.45) is 0.815. The fourth-order valence-corrected chi connectivity index (χ4v) is 2.14. The van der Waals surface area contributed by atoms with Crippen LogP contribution < -0.4 is 4.74 Å². The van der Waals surface area contributed by atoms with Gasteiger partial charge in [-0.1, -0.05) is 32.9 Å². The van der Waals surface area contributed by atoms with Crippen molar-refractivity contribution in [1.82, 2.24) is 4.98 Å². The molecule has 2 rings (SSSR count). The minimum absolute atomic E-state index is 0.00308. The molecule has 3 nitrogen and oxygen atoms in total. The summed E-state index contributed by atoms with van der Waals surface area (Å²) < 4.78 is 5.96. The highest BCUT2D eigenvalue weighted by Gasteiger charge is 2.08. The molecule has 0 atom stereocenters. The van der Waals surface area contributed by atoms with Gasteiger partial charge in [0.05, 0.1) is 6.61 Å². The van der Waals surface area contributed by atoms with Crippen LogP contribution in [0.3, 0.4) is 0 Å². The topological polar surface area (TPSA) is 42.4 Å². The van der Waals surface area contributed by atoms with Crippen LogP contribution in [-0.2, 0) is 13.0 Å². The zero-order valence-electron chi connectivity index (χ0n) is 13.2. The molecule has 0 saturated carbocycles. The average Bonchev–Trinajstić information content (AvgIpc) is 2.48. The van der Waals surface area contributed by atoms with Gasteiger partial charge in [-0.3, -0.25) is 0 Å². The molecule has 1 aromatic heterocycles. The first-order chi connectivity index (χ1) is 10.0. The lowest BCUT2D eigenvalue weighted by atomic mass is 10.0. The first kappa shape index (κ1) is 15.5. The zero-order valence-corrected chi connectivity index (χ0v) is 13.2. The number of aliphatic hydroxyl groups excluding tert-OH is 1. The molecule has 0 fully saturated rings. The van der Waals surface area contributed by atoms with Crippen molar-refractivity contribution in [3.63, 3.8) is 0 Å². The number of benzene rings is 1. The fourth-order valence-electron chi connectivity index (χ4n) is 2.14. The van der Waals surface area contributed by atoms with Crippen molar-refractivity contribution >= 4 is 0 Å². The summed E-state index contributed by atoms with van der Waals surface area (Å²) in [5.74, 6) is 1.82. The van der Waals surface area contributed by atoms with Gasteiger partial charge in [-0.2, -0.15) is 0 Å². The normalized spacial score (nSPS) is 11.0. The summed E-state index contributed by atoms with van der Waals surface area (Å²) in [6, 6.07) is 9.97. The SMILES string of the molecule is CCc1cc(CO)cc(Oc2cc(C(C)C)ccc2C)n1. The number of rotatable bonds is 5. The second kappa shape index (κ2) is 6.72. The molecule has 112 valence electrons. The van der Waals surface area contributed by atoms with Gasteiger partial charge in [-0.05, 0) is 48.1 Å². The molecule has 0 aliphatic rings. The number of pyridine rings is 1. The van der Waals surface area contributed by atoms with E-state index in [9.17, 15) is 5.11 Å². The zero-order chi connectivity index (χ0) is 15.4. The maximum absolute atomic E-state index is 9.34. The van der Waals surface area contributed by atoms with E-state index in [4.69, 9.17) is 4.74 Å². The Bertz CT molecular complexity index is 598. The summed E-state index contributed by atoms with van der Waals surface area (Å²) in [5.41, 5.74) is 4.07. The van der Waals surface area contributed by atoms with E-state index in [1.807, 2.05) is 19.9 Å². The van der Waals surface area contributed by atoms with Gasteiger partial charge in [0, 0.05) is 11.8 Å². The second-order valence-electron chi connectivity index (χ2n) is 5.60. The van der Waals surface area contributed by atoms with Crippen LogP contribution in [0.15, 0.2) is 30.3 Å². The number of hydrogen-bond donors (Lipinski definition) is 1. The smallest absolute Gasteiger partial charge is 0.219 e. The van der Waals surface area contributed by atoms with E-state index in [1.165, 1.54) is 5.56 Å². The Morgan fingerprint density at radius 2 is 1.95 bits per heavy atom. The molecule has 2 aromatic rings. The van der Waals surface area contributed by atoms with Gasteiger partial charge in [-0.25, -0.2) is 4.98 Å². The van der Waals surface area contributed by atoms with Gasteiger partial charge in [0.1, 0.15) is 5.75 Å². The number of aryl methyl sites for hydroxylation is 2. The summed E-state index contributed by atoms with van der Waals surface area (Å²) in [6.45, 7) is 8.38. The number of aromatic nitrogens is 1. The molecular weight excluding hydrogens is 262 g/mol. The molecule has 0 unspecified atom stereocenters. The summed E-state index contributed by atoms with van der Waals surface area (Å²) in [7, 11) is 0. The Morgan fingerprint density at radius 3 is 2.57 bits per heavy atom. The molecule has 1 heterocycles. The van der Waals surface area contributed by atoms with E-state index < -0.39 is 0 Å². The highest BCUT2D eigenvalue weighted by molar-refractivity contribution is 5.40. The maximum atomic E-state index is 9.34. The predicted octanol–water partition coefficient (Wildman–Crippen LogP) is 4.36. The van der Waals surface area contributed by atoms with Crippen LogP contribution in [0.25, 0.3) is 0 Å². The Labute approximate surface area is 126 Å². The standard InChI is InChI=1S/C18H23NO2/c1-5-16-8-14(11-20)9-18(19-16)21-17-10-15(12(2)3)7-6-13(17)4/h6-10,12,20H,5,11H2,1-4H3. The third kappa shape index (κ3) is 3.82. The van der Waals surface area contributed by atoms with E-state index in [1.54, 1.807) is 6.07 Å². The fraction of sp³-hybridized carbons (Fsp3) is 0.389. The van der Waals surface area contributed by atoms with E-state index in [2.05, 4.69) is 37.0 Å². The van der Waals surface area contributed by atoms with Crippen molar-refractivity contribution in [1.29, 1.82) is 0 Å². The lowest BCUT2D eigenvalue weighted by Gasteiger charge is -2.13. The molecule has 0 spiro atoms. The minimum Gasteiger partial charge on any atom is -0.439 e. The average molecular weight is 285 g/mol. The van der Waals surface area contributed by atoms with Gasteiger partial charge in [0.25, 0.3) is 0 Å². The first-order valence-electron chi connectivity index (χ1n) is 7.42. The van der Waals surface area contributed by atoms with Crippen molar-refractivity contribution in [2.75, 3.05) is 0 Å². The van der Waals surface area contributed by atoms with Crippen LogP contribution >= 0.6 is 0 Å². The Balaban J connectivity index is 2.35. The van der Waals surface area contributed by atoms with Gasteiger partial charge < -0.3 is 9.84 Å². The largest absolute Gasteiger partial charge is 0.439 e.